The van der Waals surface area contributed by atoms with Crippen molar-refractivity contribution >= 4 is 28.3 Å². The van der Waals surface area contributed by atoms with E-state index in [0.29, 0.717) is 28.9 Å². The van der Waals surface area contributed by atoms with Crippen LogP contribution in [0.5, 0.6) is 0 Å². The van der Waals surface area contributed by atoms with Crippen molar-refractivity contribution in [1.82, 2.24) is 15.5 Å². The van der Waals surface area contributed by atoms with Crippen molar-refractivity contribution in [1.29, 1.82) is 0 Å². The summed E-state index contributed by atoms with van der Waals surface area (Å²) in [5.74, 6) is -0.149. The number of nitrogens with one attached hydrogen (secondary N) is 1. The van der Waals surface area contributed by atoms with Crippen molar-refractivity contribution in [3.8, 4) is 10.6 Å². The standard InChI is InChI=1S/C18H19N3O3S/c1-10-5-6-15(25-10)14-8-13(16-11(2)21-24-18(16)20-14)17(22)19-9-12-4-3-7-23-12/h5-6,8,12H,3-4,7,9H2,1-2H3,(H,19,22)/t12-/m0/s1. The topological polar surface area (TPSA) is 77.2 Å². The number of aryl methyl sites for hydroxylation is 2. The van der Waals surface area contributed by atoms with Crippen molar-refractivity contribution in [3.63, 3.8) is 0 Å². The molecule has 1 atom stereocenters. The summed E-state index contributed by atoms with van der Waals surface area (Å²) in [6.07, 6.45) is 2.13. The molecule has 7 heteroatoms. The van der Waals surface area contributed by atoms with Gasteiger partial charge >= 0.3 is 0 Å². The fourth-order valence-corrected chi connectivity index (χ4v) is 3.91. The molecule has 1 aliphatic rings. The van der Waals surface area contributed by atoms with Gasteiger partial charge in [-0.05, 0) is 44.9 Å². The molecule has 0 spiro atoms. The maximum absolute atomic E-state index is 12.8. The van der Waals surface area contributed by atoms with E-state index in [4.69, 9.17) is 9.26 Å². The maximum atomic E-state index is 12.8. The third kappa shape index (κ3) is 3.17. The predicted molar refractivity (Wildman–Crippen MR) is 95.9 cm³/mol. The highest BCUT2D eigenvalue weighted by Crippen LogP contribution is 2.31. The van der Waals surface area contributed by atoms with Gasteiger partial charge in [0, 0.05) is 18.0 Å². The third-order valence-corrected chi connectivity index (χ3v) is 5.39. The molecule has 4 rings (SSSR count). The Kier molecular flexibility index (Phi) is 4.27. The molecule has 130 valence electrons. The first kappa shape index (κ1) is 16.2. The molecule has 1 amide bonds. The second-order valence-corrected chi connectivity index (χ2v) is 7.55. The van der Waals surface area contributed by atoms with Crippen LogP contribution >= 0.6 is 11.3 Å². The Hall–Kier alpha value is -2.25. The van der Waals surface area contributed by atoms with Crippen LogP contribution in [0.4, 0.5) is 0 Å². The van der Waals surface area contributed by atoms with Crippen LogP contribution in [0.2, 0.25) is 0 Å². The Balaban J connectivity index is 1.69. The van der Waals surface area contributed by atoms with Crippen LogP contribution in [-0.4, -0.2) is 35.3 Å². The molecule has 0 aromatic carbocycles. The number of carbonyl (C=O) groups excluding carboxylic acids is 1. The van der Waals surface area contributed by atoms with Gasteiger partial charge in [0.05, 0.1) is 33.3 Å². The molecule has 1 saturated heterocycles. The number of carbonyl (C=O) groups is 1. The van der Waals surface area contributed by atoms with Gasteiger partial charge < -0.3 is 14.6 Å². The van der Waals surface area contributed by atoms with Crippen LogP contribution in [0, 0.1) is 13.8 Å². The summed E-state index contributed by atoms with van der Waals surface area (Å²) >= 11 is 1.63. The Bertz CT molecular complexity index is 925. The van der Waals surface area contributed by atoms with Crippen molar-refractivity contribution < 1.29 is 14.1 Å². The molecule has 3 aromatic rings. The van der Waals surface area contributed by atoms with E-state index in [-0.39, 0.29) is 12.0 Å². The second kappa shape index (κ2) is 6.57. The quantitative estimate of drug-likeness (QED) is 0.773. The molecule has 1 N–H and O–H groups in total. The molecule has 4 heterocycles. The molecule has 0 unspecified atom stereocenters. The Morgan fingerprint density at radius 2 is 2.28 bits per heavy atom. The number of nitrogens with zero attached hydrogens (tertiary/aromatic N) is 2. The number of hydrogen-bond donors (Lipinski definition) is 1. The van der Waals surface area contributed by atoms with E-state index in [1.165, 1.54) is 4.88 Å². The van der Waals surface area contributed by atoms with E-state index in [9.17, 15) is 4.79 Å². The Labute approximate surface area is 149 Å². The van der Waals surface area contributed by atoms with Gasteiger partial charge in [-0.15, -0.1) is 11.3 Å². The minimum atomic E-state index is -0.149. The van der Waals surface area contributed by atoms with Gasteiger partial charge in [-0.3, -0.25) is 4.79 Å². The van der Waals surface area contributed by atoms with Crippen LogP contribution in [0.1, 0.15) is 33.8 Å². The minimum absolute atomic E-state index is 0.101. The lowest BCUT2D eigenvalue weighted by atomic mass is 10.1. The van der Waals surface area contributed by atoms with Gasteiger partial charge in [-0.25, -0.2) is 4.98 Å². The van der Waals surface area contributed by atoms with Gasteiger partial charge in [0.2, 0.25) is 0 Å². The van der Waals surface area contributed by atoms with Crippen LogP contribution in [-0.2, 0) is 4.74 Å². The normalized spacial score (nSPS) is 17.3. The predicted octanol–water partition coefficient (Wildman–Crippen LogP) is 3.48. The highest BCUT2D eigenvalue weighted by Gasteiger charge is 2.21. The van der Waals surface area contributed by atoms with Gasteiger partial charge in [0.1, 0.15) is 0 Å². The number of pyridine rings is 1. The first-order valence-corrected chi connectivity index (χ1v) is 9.17. The van der Waals surface area contributed by atoms with E-state index in [1.807, 2.05) is 32.0 Å². The summed E-state index contributed by atoms with van der Waals surface area (Å²) in [5.41, 5.74) is 2.33. The summed E-state index contributed by atoms with van der Waals surface area (Å²) in [5, 5.41) is 7.62. The van der Waals surface area contributed by atoms with Crippen LogP contribution in [0.3, 0.4) is 0 Å². The first-order valence-electron chi connectivity index (χ1n) is 8.35. The molecule has 0 bridgehead atoms. The van der Waals surface area contributed by atoms with E-state index in [2.05, 4.69) is 15.5 Å². The average Bonchev–Trinajstić information content (AvgIpc) is 3.34. The van der Waals surface area contributed by atoms with E-state index in [1.54, 1.807) is 11.3 Å². The molecular formula is C18H19N3O3S. The molecule has 6 nitrogen and oxygen atoms in total. The van der Waals surface area contributed by atoms with Crippen molar-refractivity contribution in [3.05, 3.63) is 34.3 Å². The number of ether oxygens (including phenoxy) is 1. The van der Waals surface area contributed by atoms with E-state index < -0.39 is 0 Å². The van der Waals surface area contributed by atoms with Gasteiger partial charge in [-0.2, -0.15) is 0 Å². The summed E-state index contributed by atoms with van der Waals surface area (Å²) < 4.78 is 10.9. The third-order valence-electron chi connectivity index (χ3n) is 4.37. The number of aromatic nitrogens is 2. The van der Waals surface area contributed by atoms with Crippen molar-refractivity contribution in [2.45, 2.75) is 32.8 Å². The lowest BCUT2D eigenvalue weighted by Crippen LogP contribution is -2.32. The maximum Gasteiger partial charge on any atom is 0.259 e. The second-order valence-electron chi connectivity index (χ2n) is 6.26. The highest BCUT2D eigenvalue weighted by molar-refractivity contribution is 7.15. The average molecular weight is 357 g/mol. The largest absolute Gasteiger partial charge is 0.376 e. The number of hydrogen-bond acceptors (Lipinski definition) is 6. The highest BCUT2D eigenvalue weighted by atomic mass is 32.1. The van der Waals surface area contributed by atoms with Gasteiger partial charge in [-0.1, -0.05) is 5.16 Å². The molecule has 3 aromatic heterocycles. The molecule has 25 heavy (non-hydrogen) atoms. The van der Waals surface area contributed by atoms with Crippen molar-refractivity contribution in [2.24, 2.45) is 0 Å². The fourth-order valence-electron chi connectivity index (χ4n) is 3.08. The Morgan fingerprint density at radius 3 is 3.00 bits per heavy atom. The lowest BCUT2D eigenvalue weighted by Gasteiger charge is -2.11. The Morgan fingerprint density at radius 1 is 1.40 bits per heavy atom. The van der Waals surface area contributed by atoms with E-state index >= 15 is 0 Å². The monoisotopic (exact) mass is 357 g/mol. The molecule has 0 radical (unpaired) electrons. The SMILES string of the molecule is Cc1ccc(-c2cc(C(=O)NC[C@@H]3CCCO3)c3c(C)noc3n2)s1. The molecule has 1 fully saturated rings. The zero-order valence-electron chi connectivity index (χ0n) is 14.2. The number of thiophene rings is 1. The first-order chi connectivity index (χ1) is 12.1. The summed E-state index contributed by atoms with van der Waals surface area (Å²) in [7, 11) is 0. The minimum Gasteiger partial charge on any atom is -0.376 e. The molecule has 0 saturated carbocycles. The van der Waals surface area contributed by atoms with Crippen LogP contribution < -0.4 is 5.32 Å². The number of amides is 1. The van der Waals surface area contributed by atoms with Crippen LogP contribution in [0.15, 0.2) is 22.7 Å². The zero-order chi connectivity index (χ0) is 17.4. The van der Waals surface area contributed by atoms with Gasteiger partial charge in [0.25, 0.3) is 11.6 Å². The molecule has 1 aliphatic heterocycles. The number of fused-ring (bicyclic) bond motifs is 1. The molecular weight excluding hydrogens is 338 g/mol. The summed E-state index contributed by atoms with van der Waals surface area (Å²) in [6, 6.07) is 5.86. The smallest absolute Gasteiger partial charge is 0.259 e. The summed E-state index contributed by atoms with van der Waals surface area (Å²) in [4.78, 5) is 19.5. The van der Waals surface area contributed by atoms with Crippen molar-refractivity contribution in [2.75, 3.05) is 13.2 Å². The van der Waals surface area contributed by atoms with Gasteiger partial charge in [0.15, 0.2) is 0 Å². The molecule has 0 aliphatic carbocycles. The number of rotatable bonds is 4. The zero-order valence-corrected chi connectivity index (χ0v) is 15.0. The fraction of sp³-hybridized carbons (Fsp3) is 0.389. The summed E-state index contributed by atoms with van der Waals surface area (Å²) in [6.45, 7) is 5.15. The van der Waals surface area contributed by atoms with Crippen LogP contribution in [0.25, 0.3) is 21.7 Å². The van der Waals surface area contributed by atoms with E-state index in [0.717, 1.165) is 30.0 Å². The lowest BCUT2D eigenvalue weighted by molar-refractivity contribution is 0.0859.